The van der Waals surface area contributed by atoms with Gasteiger partial charge in [-0.25, -0.2) is 8.78 Å². The minimum atomic E-state index is -0.957. The second kappa shape index (κ2) is 7.19. The van der Waals surface area contributed by atoms with Gasteiger partial charge >= 0.3 is 0 Å². The highest BCUT2D eigenvalue weighted by atomic mass is 19.2. The number of carbonyl (C=O) groups excluding carboxylic acids is 1. The number of hydrogen-bond acceptors (Lipinski definition) is 2. The molecule has 1 unspecified atom stereocenters. The molecule has 0 bridgehead atoms. The van der Waals surface area contributed by atoms with E-state index in [0.29, 0.717) is 12.0 Å². The Hall–Kier alpha value is -1.49. The van der Waals surface area contributed by atoms with Crippen molar-refractivity contribution in [1.82, 2.24) is 5.32 Å². The Morgan fingerprint density at radius 1 is 1.32 bits per heavy atom. The number of benzene rings is 1. The summed E-state index contributed by atoms with van der Waals surface area (Å²) in [7, 11) is 0. The molecule has 3 nitrogen and oxygen atoms in total. The first-order valence-electron chi connectivity index (χ1n) is 6.28. The lowest BCUT2D eigenvalue weighted by atomic mass is 10.0. The summed E-state index contributed by atoms with van der Waals surface area (Å²) in [6.45, 7) is 3.88. The van der Waals surface area contributed by atoms with E-state index in [1.807, 2.05) is 13.8 Å². The first-order valence-corrected chi connectivity index (χ1v) is 6.28. The molecule has 19 heavy (non-hydrogen) atoms. The molecule has 0 heterocycles. The summed E-state index contributed by atoms with van der Waals surface area (Å²) in [5.74, 6) is -1.95. The average molecular weight is 271 g/mol. The van der Waals surface area contributed by atoms with E-state index in [1.54, 1.807) is 0 Å². The number of aliphatic hydroxyl groups excluding tert-OH is 1. The molecule has 1 rings (SSSR count). The predicted molar refractivity (Wildman–Crippen MR) is 68.5 cm³/mol. The van der Waals surface area contributed by atoms with Gasteiger partial charge in [0.15, 0.2) is 11.6 Å². The Kier molecular flexibility index (Phi) is 5.89. The van der Waals surface area contributed by atoms with Crippen molar-refractivity contribution < 1.29 is 18.7 Å². The molecule has 0 aliphatic heterocycles. The molecule has 1 amide bonds. The Morgan fingerprint density at radius 2 is 2.00 bits per heavy atom. The summed E-state index contributed by atoms with van der Waals surface area (Å²) < 4.78 is 25.8. The summed E-state index contributed by atoms with van der Waals surface area (Å²) >= 11 is 0. The van der Waals surface area contributed by atoms with Crippen molar-refractivity contribution >= 4 is 5.91 Å². The minimum absolute atomic E-state index is 0.00565. The average Bonchev–Trinajstić information content (AvgIpc) is 2.33. The minimum Gasteiger partial charge on any atom is -0.396 e. The van der Waals surface area contributed by atoms with Gasteiger partial charge in [0.25, 0.3) is 0 Å². The lowest BCUT2D eigenvalue weighted by Crippen LogP contribution is -2.40. The Labute approximate surface area is 111 Å². The van der Waals surface area contributed by atoms with Gasteiger partial charge in [0.05, 0.1) is 6.42 Å². The first kappa shape index (κ1) is 15.6. The van der Waals surface area contributed by atoms with Gasteiger partial charge in [0, 0.05) is 12.6 Å². The molecule has 0 aliphatic rings. The van der Waals surface area contributed by atoms with Gasteiger partial charge in [-0.15, -0.1) is 0 Å². The highest BCUT2D eigenvalue weighted by Crippen LogP contribution is 2.10. The number of rotatable bonds is 6. The molecule has 0 spiro atoms. The highest BCUT2D eigenvalue weighted by molar-refractivity contribution is 5.78. The van der Waals surface area contributed by atoms with Crippen LogP contribution in [0.4, 0.5) is 8.78 Å². The number of nitrogens with one attached hydrogen (secondary N) is 1. The summed E-state index contributed by atoms with van der Waals surface area (Å²) in [6, 6.07) is 3.29. The SMILES string of the molecule is CC(C)C(CCO)NC(=O)Cc1ccc(F)c(F)c1. The van der Waals surface area contributed by atoms with Crippen LogP contribution in [0.15, 0.2) is 18.2 Å². The monoisotopic (exact) mass is 271 g/mol. The number of halogens is 2. The van der Waals surface area contributed by atoms with Crippen LogP contribution >= 0.6 is 0 Å². The van der Waals surface area contributed by atoms with Crippen molar-refractivity contribution in [1.29, 1.82) is 0 Å². The predicted octanol–water partition coefficient (Wildman–Crippen LogP) is 2.03. The first-order chi connectivity index (χ1) is 8.93. The van der Waals surface area contributed by atoms with E-state index in [0.717, 1.165) is 12.1 Å². The molecule has 0 aliphatic carbocycles. The van der Waals surface area contributed by atoms with Gasteiger partial charge in [-0.3, -0.25) is 4.79 Å². The third-order valence-corrected chi connectivity index (χ3v) is 2.94. The quantitative estimate of drug-likeness (QED) is 0.831. The molecule has 0 saturated carbocycles. The molecule has 0 radical (unpaired) electrons. The van der Waals surface area contributed by atoms with Crippen LogP contribution in [0.3, 0.4) is 0 Å². The summed E-state index contributed by atoms with van der Waals surface area (Å²) in [5.41, 5.74) is 0.419. The molecular formula is C14H19F2NO2. The largest absolute Gasteiger partial charge is 0.396 e. The molecule has 0 saturated heterocycles. The second-order valence-corrected chi connectivity index (χ2v) is 4.86. The maximum atomic E-state index is 13.0. The van der Waals surface area contributed by atoms with E-state index >= 15 is 0 Å². The van der Waals surface area contributed by atoms with Gasteiger partial charge < -0.3 is 10.4 Å². The highest BCUT2D eigenvalue weighted by Gasteiger charge is 2.16. The Balaban J connectivity index is 2.61. The standard InChI is InChI=1S/C14H19F2NO2/c1-9(2)13(5-6-18)17-14(19)8-10-3-4-11(15)12(16)7-10/h3-4,7,9,13,18H,5-6,8H2,1-2H3,(H,17,19). The molecular weight excluding hydrogens is 252 g/mol. The zero-order chi connectivity index (χ0) is 14.4. The molecule has 0 aromatic heterocycles. The summed E-state index contributed by atoms with van der Waals surface area (Å²) in [4.78, 5) is 11.8. The van der Waals surface area contributed by atoms with Gasteiger partial charge in [-0.1, -0.05) is 19.9 Å². The van der Waals surface area contributed by atoms with Crippen LogP contribution in [0.5, 0.6) is 0 Å². The summed E-state index contributed by atoms with van der Waals surface area (Å²) in [5, 5.41) is 11.7. The maximum Gasteiger partial charge on any atom is 0.224 e. The molecule has 1 atom stereocenters. The van der Waals surface area contributed by atoms with Crippen LogP contribution in [0.2, 0.25) is 0 Å². The molecule has 106 valence electrons. The lowest BCUT2D eigenvalue weighted by Gasteiger charge is -2.21. The zero-order valence-corrected chi connectivity index (χ0v) is 11.1. The second-order valence-electron chi connectivity index (χ2n) is 4.86. The van der Waals surface area contributed by atoms with Gasteiger partial charge in [-0.05, 0) is 30.0 Å². The van der Waals surface area contributed by atoms with Gasteiger partial charge in [0.2, 0.25) is 5.91 Å². The van der Waals surface area contributed by atoms with E-state index in [9.17, 15) is 13.6 Å². The fraction of sp³-hybridized carbons (Fsp3) is 0.500. The maximum absolute atomic E-state index is 13.0. The van der Waals surface area contributed by atoms with Crippen LogP contribution in [-0.4, -0.2) is 23.7 Å². The van der Waals surface area contributed by atoms with Crippen LogP contribution < -0.4 is 5.32 Å². The van der Waals surface area contributed by atoms with Crippen LogP contribution in [0.1, 0.15) is 25.8 Å². The van der Waals surface area contributed by atoms with Crippen LogP contribution in [0, 0.1) is 17.6 Å². The van der Waals surface area contributed by atoms with Crippen molar-refractivity contribution in [3.05, 3.63) is 35.4 Å². The number of hydrogen-bond donors (Lipinski definition) is 2. The van der Waals surface area contributed by atoms with Crippen LogP contribution in [-0.2, 0) is 11.2 Å². The molecule has 2 N–H and O–H groups in total. The van der Waals surface area contributed by atoms with E-state index in [2.05, 4.69) is 5.32 Å². The van der Waals surface area contributed by atoms with E-state index < -0.39 is 11.6 Å². The lowest BCUT2D eigenvalue weighted by molar-refractivity contribution is -0.121. The van der Waals surface area contributed by atoms with Crippen molar-refractivity contribution in [3.63, 3.8) is 0 Å². The molecule has 5 heteroatoms. The molecule has 1 aromatic rings. The summed E-state index contributed by atoms with van der Waals surface area (Å²) in [6.07, 6.45) is 0.465. The third-order valence-electron chi connectivity index (χ3n) is 2.94. The van der Waals surface area contributed by atoms with Crippen molar-refractivity contribution in [2.24, 2.45) is 5.92 Å². The number of carbonyl (C=O) groups is 1. The van der Waals surface area contributed by atoms with E-state index in [-0.39, 0.29) is 30.9 Å². The van der Waals surface area contributed by atoms with E-state index in [1.165, 1.54) is 6.07 Å². The topological polar surface area (TPSA) is 49.3 Å². The molecule has 0 fully saturated rings. The Morgan fingerprint density at radius 3 is 2.53 bits per heavy atom. The third kappa shape index (κ3) is 4.95. The number of amides is 1. The molecule has 1 aromatic carbocycles. The smallest absolute Gasteiger partial charge is 0.224 e. The Bertz CT molecular complexity index is 435. The zero-order valence-electron chi connectivity index (χ0n) is 11.1. The van der Waals surface area contributed by atoms with E-state index in [4.69, 9.17) is 5.11 Å². The fourth-order valence-corrected chi connectivity index (χ4v) is 1.80. The number of aliphatic hydroxyl groups is 1. The van der Waals surface area contributed by atoms with Gasteiger partial charge in [-0.2, -0.15) is 0 Å². The van der Waals surface area contributed by atoms with Crippen molar-refractivity contribution in [2.45, 2.75) is 32.7 Å². The van der Waals surface area contributed by atoms with Crippen molar-refractivity contribution in [2.75, 3.05) is 6.61 Å². The van der Waals surface area contributed by atoms with Crippen molar-refractivity contribution in [3.8, 4) is 0 Å². The van der Waals surface area contributed by atoms with Gasteiger partial charge in [0.1, 0.15) is 0 Å². The normalized spacial score (nSPS) is 12.5. The fourth-order valence-electron chi connectivity index (χ4n) is 1.80. The van der Waals surface area contributed by atoms with Crippen LogP contribution in [0.25, 0.3) is 0 Å².